The van der Waals surface area contributed by atoms with Crippen LogP contribution in [0.15, 0.2) is 24.4 Å². The van der Waals surface area contributed by atoms with E-state index >= 15 is 0 Å². The first kappa shape index (κ1) is 28.7. The molecule has 1 aromatic heterocycles. The quantitative estimate of drug-likeness (QED) is 0.306. The fourth-order valence-corrected chi connectivity index (χ4v) is 3.78. The van der Waals surface area contributed by atoms with Crippen molar-refractivity contribution in [2.75, 3.05) is 37.8 Å². The van der Waals surface area contributed by atoms with E-state index in [0.29, 0.717) is 13.1 Å². The minimum atomic E-state index is -5.53. The second kappa shape index (κ2) is 11.3. The van der Waals surface area contributed by atoms with Crippen LogP contribution in [0.25, 0.3) is 10.9 Å². The largest absolute Gasteiger partial charge is 0.491 e. The molecule has 3 rings (SSSR count). The summed E-state index contributed by atoms with van der Waals surface area (Å²) in [5.41, 5.74) is -1.85. The van der Waals surface area contributed by atoms with E-state index in [0.717, 1.165) is 18.3 Å². The van der Waals surface area contributed by atoms with Crippen LogP contribution in [0.5, 0.6) is 0 Å². The van der Waals surface area contributed by atoms with Crippen molar-refractivity contribution >= 4 is 40.2 Å². The zero-order valence-electron chi connectivity index (χ0n) is 19.2. The van der Waals surface area contributed by atoms with Crippen molar-refractivity contribution in [2.24, 2.45) is 0 Å². The van der Waals surface area contributed by atoms with Crippen LogP contribution in [0.4, 0.5) is 36.4 Å². The van der Waals surface area contributed by atoms with Gasteiger partial charge in [0.2, 0.25) is 0 Å². The van der Waals surface area contributed by atoms with Crippen molar-refractivity contribution in [3.63, 3.8) is 0 Å². The first-order valence-electron chi connectivity index (χ1n) is 10.9. The minimum absolute atomic E-state index is 0.0152. The molecule has 0 radical (unpaired) electrons. The topological polar surface area (TPSA) is 118 Å². The lowest BCUT2D eigenvalue weighted by molar-refractivity contribution is -0.202. The molecule has 2 aromatic rings. The van der Waals surface area contributed by atoms with E-state index in [-0.39, 0.29) is 29.7 Å². The molecule has 1 saturated heterocycles. The highest BCUT2D eigenvalue weighted by atomic mass is 19.4. The van der Waals surface area contributed by atoms with Crippen molar-refractivity contribution in [3.05, 3.63) is 35.5 Å². The Hall–Kier alpha value is -3.82. The highest BCUT2D eigenvalue weighted by Gasteiger charge is 2.43. The van der Waals surface area contributed by atoms with Crippen molar-refractivity contribution in [3.8, 4) is 0 Å². The molecule has 1 aliphatic rings. The van der Waals surface area contributed by atoms with Crippen molar-refractivity contribution in [2.45, 2.75) is 24.8 Å². The number of carbonyl (C=O) groups is 4. The molecule has 206 valence electrons. The summed E-state index contributed by atoms with van der Waals surface area (Å²) in [4.78, 5) is 53.1. The van der Waals surface area contributed by atoms with Gasteiger partial charge in [-0.3, -0.25) is 19.4 Å². The van der Waals surface area contributed by atoms with E-state index in [1.54, 1.807) is 4.90 Å². The number of esters is 2. The number of nitrogens with zero attached hydrogens (tertiary/aromatic N) is 2. The zero-order chi connectivity index (χ0) is 28.3. The monoisotopic (exact) mass is 552 g/mol. The van der Waals surface area contributed by atoms with Crippen LogP contribution in [-0.2, 0) is 25.3 Å². The third-order valence-corrected chi connectivity index (χ3v) is 5.49. The number of alkyl halides is 7. The summed E-state index contributed by atoms with van der Waals surface area (Å²) >= 11 is 0. The molecule has 0 spiro atoms. The number of ketones is 1. The maximum atomic E-state index is 13.6. The van der Waals surface area contributed by atoms with E-state index < -0.39 is 66.2 Å². The number of ether oxygens (including phenoxy) is 1. The van der Waals surface area contributed by atoms with Gasteiger partial charge < -0.3 is 20.3 Å². The van der Waals surface area contributed by atoms with E-state index in [2.05, 4.69) is 15.0 Å². The molecule has 38 heavy (non-hydrogen) atoms. The van der Waals surface area contributed by atoms with Gasteiger partial charge in [0.15, 0.2) is 5.78 Å². The molecule has 1 unspecified atom stereocenters. The standard InChI is InChI=1S/C22H19F7N4O5/c23-9-15(34)14(8-16(35)38-20(37)22(27,28)29)32-19(36)12-10-31-17-11(2-1-3-13(17)21(24,25)26)18(12)33-6-4-30-5-7-33/h1-3,10,14,30H,4-9H2,(H,32,36). The lowest BCUT2D eigenvalue weighted by Crippen LogP contribution is -2.46. The number of hydrogen-bond donors (Lipinski definition) is 2. The number of pyridine rings is 1. The van der Waals surface area contributed by atoms with Crippen LogP contribution in [0.1, 0.15) is 22.3 Å². The lowest BCUT2D eigenvalue weighted by atomic mass is 10.0. The molecule has 1 atom stereocenters. The van der Waals surface area contributed by atoms with E-state index in [1.807, 2.05) is 5.32 Å². The zero-order valence-corrected chi connectivity index (χ0v) is 19.2. The van der Waals surface area contributed by atoms with Crippen LogP contribution in [0, 0.1) is 0 Å². The summed E-state index contributed by atoms with van der Waals surface area (Å²) in [6.07, 6.45) is -10.8. The number of para-hydroxylation sites is 1. The van der Waals surface area contributed by atoms with Crippen LogP contribution in [-0.4, -0.2) is 73.7 Å². The summed E-state index contributed by atoms with van der Waals surface area (Å²) in [5.74, 6) is -7.34. The van der Waals surface area contributed by atoms with E-state index in [4.69, 9.17) is 0 Å². The average molecular weight is 552 g/mol. The number of benzene rings is 1. The SMILES string of the molecule is O=C(CC(NC(=O)c1cnc2c(C(F)(F)F)cccc2c1N1CCNCC1)C(=O)CF)OC(=O)C(F)(F)F. The average Bonchev–Trinajstić information content (AvgIpc) is 2.85. The number of Topliss-reactive ketones (excluding diaryl/α,β-unsaturated/α-hetero) is 1. The number of carbonyl (C=O) groups excluding carboxylic acids is 4. The van der Waals surface area contributed by atoms with E-state index in [9.17, 15) is 49.9 Å². The number of hydrogen-bond acceptors (Lipinski definition) is 8. The second-order valence-electron chi connectivity index (χ2n) is 8.05. The predicted molar refractivity (Wildman–Crippen MR) is 116 cm³/mol. The van der Waals surface area contributed by atoms with Gasteiger partial charge in [-0.05, 0) is 6.07 Å². The molecule has 2 N–H and O–H groups in total. The number of rotatable bonds is 7. The summed E-state index contributed by atoms with van der Waals surface area (Å²) in [6.45, 7) is -0.401. The molecule has 0 bridgehead atoms. The molecule has 2 heterocycles. The molecule has 1 aromatic carbocycles. The highest BCUT2D eigenvalue weighted by Crippen LogP contribution is 2.38. The van der Waals surface area contributed by atoms with Crippen molar-refractivity contribution < 1.29 is 54.6 Å². The lowest BCUT2D eigenvalue weighted by Gasteiger charge is -2.32. The molecule has 0 saturated carbocycles. The van der Waals surface area contributed by atoms with Gasteiger partial charge in [-0.2, -0.15) is 26.3 Å². The fraction of sp³-hybridized carbons (Fsp3) is 0.409. The van der Waals surface area contributed by atoms with Gasteiger partial charge in [0.25, 0.3) is 5.91 Å². The van der Waals surface area contributed by atoms with Crippen LogP contribution in [0.3, 0.4) is 0 Å². The Labute approximate surface area is 209 Å². The Bertz CT molecular complexity index is 1240. The molecular formula is C22H19F7N4O5. The van der Waals surface area contributed by atoms with Gasteiger partial charge in [-0.1, -0.05) is 12.1 Å². The number of piperazine rings is 1. The molecular weight excluding hydrogens is 533 g/mol. The molecule has 9 nitrogen and oxygen atoms in total. The van der Waals surface area contributed by atoms with Gasteiger partial charge in [0, 0.05) is 37.8 Å². The maximum Gasteiger partial charge on any atom is 0.491 e. The summed E-state index contributed by atoms with van der Waals surface area (Å²) < 4.78 is 94.5. The first-order valence-corrected chi connectivity index (χ1v) is 10.9. The van der Waals surface area contributed by atoms with Gasteiger partial charge in [0.05, 0.1) is 28.8 Å². The highest BCUT2D eigenvalue weighted by molar-refractivity contribution is 6.09. The summed E-state index contributed by atoms with van der Waals surface area (Å²) in [5, 5.41) is 4.97. The minimum Gasteiger partial charge on any atom is -0.386 e. The molecule has 1 fully saturated rings. The number of nitrogens with one attached hydrogen (secondary N) is 2. The van der Waals surface area contributed by atoms with Crippen LogP contribution >= 0.6 is 0 Å². The third-order valence-electron chi connectivity index (χ3n) is 5.49. The molecule has 1 aliphatic heterocycles. The first-order chi connectivity index (χ1) is 17.7. The van der Waals surface area contributed by atoms with Crippen LogP contribution in [0.2, 0.25) is 0 Å². The number of aromatic nitrogens is 1. The van der Waals surface area contributed by atoms with Gasteiger partial charge >= 0.3 is 24.3 Å². The maximum absolute atomic E-state index is 13.6. The second-order valence-corrected chi connectivity index (χ2v) is 8.05. The van der Waals surface area contributed by atoms with Gasteiger partial charge in [-0.25, -0.2) is 9.18 Å². The normalized spacial score (nSPS) is 15.2. The number of fused-ring (bicyclic) bond motifs is 1. The Kier molecular flexibility index (Phi) is 8.54. The molecule has 0 aliphatic carbocycles. The smallest absolute Gasteiger partial charge is 0.386 e. The van der Waals surface area contributed by atoms with Gasteiger partial charge in [0.1, 0.15) is 12.7 Å². The summed E-state index contributed by atoms with van der Waals surface area (Å²) in [6, 6.07) is 1.17. The van der Waals surface area contributed by atoms with Gasteiger partial charge in [-0.15, -0.1) is 0 Å². The Morgan fingerprint density at radius 3 is 2.32 bits per heavy atom. The Balaban J connectivity index is 1.99. The summed E-state index contributed by atoms with van der Waals surface area (Å²) in [7, 11) is 0. The van der Waals surface area contributed by atoms with Crippen LogP contribution < -0.4 is 15.5 Å². The number of amides is 1. The Morgan fingerprint density at radius 2 is 1.74 bits per heavy atom. The molecule has 1 amide bonds. The number of halogens is 7. The fourth-order valence-electron chi connectivity index (χ4n) is 3.78. The van der Waals surface area contributed by atoms with Crippen molar-refractivity contribution in [1.82, 2.24) is 15.6 Å². The predicted octanol–water partition coefficient (Wildman–Crippen LogP) is 2.32. The molecule has 16 heteroatoms. The van der Waals surface area contributed by atoms with Crippen molar-refractivity contribution in [1.29, 1.82) is 0 Å². The van der Waals surface area contributed by atoms with E-state index in [1.165, 1.54) is 6.07 Å². The third kappa shape index (κ3) is 6.54. The number of anilines is 1. The Morgan fingerprint density at radius 1 is 1.08 bits per heavy atom.